The molecule has 2 N–H and O–H groups in total. The molecule has 0 radical (unpaired) electrons. The van der Waals surface area contributed by atoms with E-state index in [2.05, 4.69) is 28.1 Å². The van der Waals surface area contributed by atoms with Crippen LogP contribution >= 0.6 is 28.3 Å². The molecular formula is C13H18BrClN2O. The summed E-state index contributed by atoms with van der Waals surface area (Å²) in [6, 6.07) is 8.46. The molecule has 3 nitrogen and oxygen atoms in total. The van der Waals surface area contributed by atoms with Gasteiger partial charge in [-0.1, -0.05) is 28.1 Å². The summed E-state index contributed by atoms with van der Waals surface area (Å²) in [6.07, 6.45) is 2.59. The van der Waals surface area contributed by atoms with Crippen molar-refractivity contribution in [2.45, 2.75) is 25.3 Å². The maximum absolute atomic E-state index is 11.9. The van der Waals surface area contributed by atoms with Gasteiger partial charge in [-0.25, -0.2) is 0 Å². The lowest BCUT2D eigenvalue weighted by Gasteiger charge is -2.25. The Morgan fingerprint density at radius 2 is 2.06 bits per heavy atom. The molecule has 1 aromatic rings. The van der Waals surface area contributed by atoms with E-state index in [0.29, 0.717) is 13.0 Å². The smallest absolute Gasteiger partial charge is 0.224 e. The molecule has 5 heteroatoms. The minimum absolute atomic E-state index is 0. The Balaban J connectivity index is 0.00000162. The molecular weight excluding hydrogens is 316 g/mol. The number of benzene rings is 1. The molecule has 1 aromatic carbocycles. The van der Waals surface area contributed by atoms with Crippen LogP contribution in [0.15, 0.2) is 28.7 Å². The molecule has 2 rings (SSSR count). The SMILES string of the molecule is Cl.NCCC(=O)N1CCCC1c1ccc(Br)cc1. The lowest BCUT2D eigenvalue weighted by Crippen LogP contribution is -2.31. The van der Waals surface area contributed by atoms with Gasteiger partial charge in [-0.2, -0.15) is 0 Å². The number of amides is 1. The van der Waals surface area contributed by atoms with Gasteiger partial charge in [0.2, 0.25) is 5.91 Å². The zero-order valence-corrected chi connectivity index (χ0v) is 12.5. The van der Waals surface area contributed by atoms with E-state index in [4.69, 9.17) is 5.73 Å². The second kappa shape index (κ2) is 7.12. The van der Waals surface area contributed by atoms with Gasteiger partial charge in [0, 0.05) is 24.0 Å². The summed E-state index contributed by atoms with van der Waals surface area (Å²) in [5.74, 6) is 0.179. The van der Waals surface area contributed by atoms with Crippen molar-refractivity contribution < 1.29 is 4.79 Å². The van der Waals surface area contributed by atoms with Crippen LogP contribution in [0.25, 0.3) is 0 Å². The van der Waals surface area contributed by atoms with E-state index in [1.165, 1.54) is 5.56 Å². The fourth-order valence-electron chi connectivity index (χ4n) is 2.36. The Morgan fingerprint density at radius 3 is 2.67 bits per heavy atom. The maximum Gasteiger partial charge on any atom is 0.224 e. The predicted octanol–water partition coefficient (Wildman–Crippen LogP) is 2.88. The molecule has 1 aliphatic rings. The molecule has 1 heterocycles. The van der Waals surface area contributed by atoms with Gasteiger partial charge in [0.15, 0.2) is 0 Å². The average molecular weight is 334 g/mol. The summed E-state index contributed by atoms with van der Waals surface area (Å²) in [6.45, 7) is 1.29. The van der Waals surface area contributed by atoms with Gasteiger partial charge in [0.05, 0.1) is 6.04 Å². The molecule has 0 spiro atoms. The minimum atomic E-state index is 0. The highest BCUT2D eigenvalue weighted by atomic mass is 79.9. The van der Waals surface area contributed by atoms with Gasteiger partial charge in [-0.15, -0.1) is 12.4 Å². The Bertz CT molecular complexity index is 396. The zero-order valence-electron chi connectivity index (χ0n) is 10.1. The lowest BCUT2D eigenvalue weighted by molar-refractivity contribution is -0.131. The summed E-state index contributed by atoms with van der Waals surface area (Å²) < 4.78 is 1.07. The molecule has 100 valence electrons. The van der Waals surface area contributed by atoms with Crippen molar-refractivity contribution in [1.82, 2.24) is 4.90 Å². The van der Waals surface area contributed by atoms with Crippen molar-refractivity contribution >= 4 is 34.2 Å². The number of halogens is 2. The molecule has 1 atom stereocenters. The van der Waals surface area contributed by atoms with Crippen molar-refractivity contribution in [2.24, 2.45) is 5.73 Å². The Hall–Kier alpha value is -0.580. The largest absolute Gasteiger partial charge is 0.336 e. The Labute approximate surface area is 122 Å². The first-order chi connectivity index (χ1) is 8.22. The van der Waals surface area contributed by atoms with Crippen molar-refractivity contribution in [3.05, 3.63) is 34.3 Å². The van der Waals surface area contributed by atoms with Crippen LogP contribution in [0, 0.1) is 0 Å². The zero-order chi connectivity index (χ0) is 12.3. The standard InChI is InChI=1S/C13H17BrN2O.ClH/c14-11-5-3-10(4-6-11)12-2-1-9-16(12)13(17)7-8-15;/h3-6,12H,1-2,7-9,15H2;1H. The number of hydrogen-bond acceptors (Lipinski definition) is 2. The first kappa shape index (κ1) is 15.5. The highest BCUT2D eigenvalue weighted by Gasteiger charge is 2.29. The fraction of sp³-hybridized carbons (Fsp3) is 0.462. The summed E-state index contributed by atoms with van der Waals surface area (Å²) in [5.41, 5.74) is 6.67. The van der Waals surface area contributed by atoms with Crippen LogP contribution in [0.1, 0.15) is 30.9 Å². The Morgan fingerprint density at radius 1 is 1.39 bits per heavy atom. The van der Waals surface area contributed by atoms with Gasteiger partial charge >= 0.3 is 0 Å². The second-order valence-electron chi connectivity index (χ2n) is 4.34. The fourth-order valence-corrected chi connectivity index (χ4v) is 2.63. The van der Waals surface area contributed by atoms with Crippen LogP contribution < -0.4 is 5.73 Å². The summed E-state index contributed by atoms with van der Waals surface area (Å²) in [5, 5.41) is 0. The van der Waals surface area contributed by atoms with E-state index in [-0.39, 0.29) is 24.4 Å². The lowest BCUT2D eigenvalue weighted by atomic mass is 10.0. The second-order valence-corrected chi connectivity index (χ2v) is 5.25. The molecule has 1 unspecified atom stereocenters. The molecule has 0 aliphatic carbocycles. The number of likely N-dealkylation sites (tertiary alicyclic amines) is 1. The van der Waals surface area contributed by atoms with Crippen LogP contribution in [0.2, 0.25) is 0 Å². The third kappa shape index (κ3) is 3.46. The van der Waals surface area contributed by atoms with Gasteiger partial charge in [0.1, 0.15) is 0 Å². The number of carbonyl (C=O) groups is 1. The highest BCUT2D eigenvalue weighted by molar-refractivity contribution is 9.10. The Kier molecular flexibility index (Phi) is 6.12. The van der Waals surface area contributed by atoms with Gasteiger partial charge in [0.25, 0.3) is 0 Å². The van der Waals surface area contributed by atoms with Crippen molar-refractivity contribution in [3.8, 4) is 0 Å². The van der Waals surface area contributed by atoms with Gasteiger partial charge < -0.3 is 10.6 Å². The topological polar surface area (TPSA) is 46.3 Å². The van der Waals surface area contributed by atoms with E-state index in [1.54, 1.807) is 0 Å². The van der Waals surface area contributed by atoms with E-state index >= 15 is 0 Å². The van der Waals surface area contributed by atoms with Crippen molar-refractivity contribution in [1.29, 1.82) is 0 Å². The first-order valence-electron chi connectivity index (χ1n) is 5.97. The normalized spacial score (nSPS) is 18.6. The van der Waals surface area contributed by atoms with E-state index < -0.39 is 0 Å². The van der Waals surface area contributed by atoms with E-state index in [1.807, 2.05) is 17.0 Å². The summed E-state index contributed by atoms with van der Waals surface area (Å²) in [4.78, 5) is 13.9. The number of carbonyl (C=O) groups excluding carboxylic acids is 1. The van der Waals surface area contributed by atoms with Crippen LogP contribution in [0.5, 0.6) is 0 Å². The number of hydrogen-bond donors (Lipinski definition) is 1. The average Bonchev–Trinajstić information content (AvgIpc) is 2.79. The first-order valence-corrected chi connectivity index (χ1v) is 6.76. The molecule has 0 saturated carbocycles. The third-order valence-electron chi connectivity index (χ3n) is 3.19. The van der Waals surface area contributed by atoms with Crippen molar-refractivity contribution in [2.75, 3.05) is 13.1 Å². The van der Waals surface area contributed by atoms with Crippen LogP contribution in [0.4, 0.5) is 0 Å². The van der Waals surface area contributed by atoms with Crippen LogP contribution in [-0.4, -0.2) is 23.9 Å². The maximum atomic E-state index is 11.9. The number of nitrogens with zero attached hydrogens (tertiary/aromatic N) is 1. The number of rotatable bonds is 3. The molecule has 1 aliphatic heterocycles. The summed E-state index contributed by atoms with van der Waals surface area (Å²) >= 11 is 3.43. The molecule has 1 saturated heterocycles. The van der Waals surface area contributed by atoms with E-state index in [0.717, 1.165) is 23.9 Å². The quantitative estimate of drug-likeness (QED) is 0.924. The molecule has 0 aromatic heterocycles. The van der Waals surface area contributed by atoms with Crippen LogP contribution in [-0.2, 0) is 4.79 Å². The monoisotopic (exact) mass is 332 g/mol. The summed E-state index contributed by atoms with van der Waals surface area (Å²) in [7, 11) is 0. The van der Waals surface area contributed by atoms with Crippen LogP contribution in [0.3, 0.4) is 0 Å². The highest BCUT2D eigenvalue weighted by Crippen LogP contribution is 2.32. The molecule has 18 heavy (non-hydrogen) atoms. The van der Waals surface area contributed by atoms with Gasteiger partial charge in [-0.05, 0) is 30.5 Å². The molecule has 1 fully saturated rings. The number of nitrogens with two attached hydrogens (primary N) is 1. The predicted molar refractivity (Wildman–Crippen MR) is 78.7 cm³/mol. The molecule has 1 amide bonds. The third-order valence-corrected chi connectivity index (χ3v) is 3.71. The van der Waals surface area contributed by atoms with Crippen molar-refractivity contribution in [3.63, 3.8) is 0 Å². The molecule has 0 bridgehead atoms. The van der Waals surface area contributed by atoms with Gasteiger partial charge in [-0.3, -0.25) is 4.79 Å². The van der Waals surface area contributed by atoms with E-state index in [9.17, 15) is 4.79 Å². The minimum Gasteiger partial charge on any atom is -0.336 e.